The highest BCUT2D eigenvalue weighted by atomic mass is 35.5. The van der Waals surface area contributed by atoms with Crippen LogP contribution in [0.3, 0.4) is 0 Å². The van der Waals surface area contributed by atoms with E-state index in [0.717, 1.165) is 0 Å². The fraction of sp³-hybridized carbons (Fsp3) is 0.125. The average molecular weight is 274 g/mol. The van der Waals surface area contributed by atoms with Crippen molar-refractivity contribution in [2.45, 2.75) is 11.8 Å². The van der Waals surface area contributed by atoms with E-state index in [9.17, 15) is 8.42 Å². The van der Waals surface area contributed by atoms with E-state index >= 15 is 0 Å². The van der Waals surface area contributed by atoms with Gasteiger partial charge in [-0.05, 0) is 6.92 Å². The Hall–Kier alpha value is -1.67. The zero-order valence-electron chi connectivity index (χ0n) is 8.68. The molecule has 7 nitrogen and oxygen atoms in total. The summed E-state index contributed by atoms with van der Waals surface area (Å²) in [5, 5.41) is 6.37. The first-order valence-corrected chi connectivity index (χ1v) is 6.35. The molecule has 0 amide bonds. The number of rotatable bonds is 3. The van der Waals surface area contributed by atoms with E-state index in [0.29, 0.717) is 5.69 Å². The smallest absolute Gasteiger partial charge is 0.266 e. The van der Waals surface area contributed by atoms with Gasteiger partial charge >= 0.3 is 0 Å². The molecule has 0 saturated carbocycles. The molecule has 0 aliphatic carbocycles. The summed E-state index contributed by atoms with van der Waals surface area (Å²) in [5.41, 5.74) is 0.444. The minimum atomic E-state index is -3.70. The summed E-state index contributed by atoms with van der Waals surface area (Å²) >= 11 is 5.54. The Bertz CT molecular complexity index is 622. The number of nitrogens with one attached hydrogen (secondary N) is 2. The monoisotopic (exact) mass is 273 g/mol. The number of aryl methyl sites for hydroxylation is 1. The van der Waals surface area contributed by atoms with Crippen LogP contribution in [0.1, 0.15) is 5.69 Å². The number of aromatic amines is 1. The molecule has 0 atom stereocenters. The number of H-pyrrole nitrogens is 1. The summed E-state index contributed by atoms with van der Waals surface area (Å²) in [4.78, 5) is 7.57. The SMILES string of the molecule is Cc1[nH]ncc1S(=O)(=O)Nc1cnc(Cl)cn1. The molecule has 2 rings (SSSR count). The maximum absolute atomic E-state index is 11.9. The lowest BCUT2D eigenvalue weighted by Crippen LogP contribution is -2.14. The summed E-state index contributed by atoms with van der Waals surface area (Å²) in [7, 11) is -3.70. The molecular weight excluding hydrogens is 266 g/mol. The second-order valence-corrected chi connectivity index (χ2v) is 5.23. The maximum atomic E-state index is 11.9. The van der Waals surface area contributed by atoms with Crippen molar-refractivity contribution in [3.8, 4) is 0 Å². The summed E-state index contributed by atoms with van der Waals surface area (Å²) in [6.07, 6.45) is 3.71. The van der Waals surface area contributed by atoms with Crippen LogP contribution in [0.25, 0.3) is 0 Å². The van der Waals surface area contributed by atoms with E-state index in [4.69, 9.17) is 11.6 Å². The van der Waals surface area contributed by atoms with Crippen LogP contribution in [0, 0.1) is 6.92 Å². The van der Waals surface area contributed by atoms with Crippen LogP contribution >= 0.6 is 11.6 Å². The molecule has 0 bridgehead atoms. The predicted molar refractivity (Wildman–Crippen MR) is 61.2 cm³/mol. The molecule has 0 saturated heterocycles. The first kappa shape index (κ1) is 11.8. The van der Waals surface area contributed by atoms with Crippen molar-refractivity contribution >= 4 is 27.4 Å². The van der Waals surface area contributed by atoms with Gasteiger partial charge in [0.1, 0.15) is 10.0 Å². The first-order valence-electron chi connectivity index (χ1n) is 4.49. The van der Waals surface area contributed by atoms with Gasteiger partial charge in [-0.3, -0.25) is 9.82 Å². The molecular formula is C8H8ClN5O2S. The minimum absolute atomic E-state index is 0.0641. The number of nitrogens with zero attached hydrogens (tertiary/aromatic N) is 3. The number of halogens is 1. The summed E-state index contributed by atoms with van der Waals surface area (Å²) < 4.78 is 26.1. The lowest BCUT2D eigenvalue weighted by molar-refractivity contribution is 0.600. The number of aromatic nitrogens is 4. The van der Waals surface area contributed by atoms with E-state index in [1.165, 1.54) is 18.6 Å². The molecule has 0 aliphatic rings. The fourth-order valence-electron chi connectivity index (χ4n) is 1.17. The third kappa shape index (κ3) is 2.53. The Morgan fingerprint density at radius 3 is 2.59 bits per heavy atom. The maximum Gasteiger partial charge on any atom is 0.266 e. The third-order valence-electron chi connectivity index (χ3n) is 1.93. The van der Waals surface area contributed by atoms with Crippen LogP contribution < -0.4 is 4.72 Å². The standard InChI is InChI=1S/C8H8ClN5O2S/c1-5-6(2-12-13-5)17(15,16)14-8-4-10-7(9)3-11-8/h2-4H,1H3,(H,11,14)(H,12,13). The van der Waals surface area contributed by atoms with Crippen molar-refractivity contribution in [2.75, 3.05) is 4.72 Å². The average Bonchev–Trinajstić information content (AvgIpc) is 2.68. The Balaban J connectivity index is 2.30. The molecule has 9 heteroatoms. The fourth-order valence-corrected chi connectivity index (χ4v) is 2.40. The molecule has 2 aromatic rings. The van der Waals surface area contributed by atoms with E-state index in [1.54, 1.807) is 6.92 Å². The number of sulfonamides is 1. The molecule has 2 N–H and O–H groups in total. The van der Waals surface area contributed by atoms with Crippen LogP contribution in [-0.2, 0) is 10.0 Å². The highest BCUT2D eigenvalue weighted by Gasteiger charge is 2.19. The Labute approximate surface area is 102 Å². The van der Waals surface area contributed by atoms with Gasteiger partial charge in [0, 0.05) is 0 Å². The Morgan fingerprint density at radius 2 is 2.06 bits per heavy atom. The molecule has 2 heterocycles. The molecule has 2 aromatic heterocycles. The van der Waals surface area contributed by atoms with Crippen LogP contribution in [0.15, 0.2) is 23.5 Å². The topological polar surface area (TPSA) is 101 Å². The second kappa shape index (κ2) is 4.30. The van der Waals surface area contributed by atoms with Gasteiger partial charge in [0.05, 0.1) is 24.3 Å². The van der Waals surface area contributed by atoms with Crippen molar-refractivity contribution in [2.24, 2.45) is 0 Å². The van der Waals surface area contributed by atoms with E-state index in [2.05, 4.69) is 24.9 Å². The summed E-state index contributed by atoms with van der Waals surface area (Å²) in [6, 6.07) is 0. The highest BCUT2D eigenvalue weighted by Crippen LogP contribution is 2.15. The lowest BCUT2D eigenvalue weighted by Gasteiger charge is -2.05. The summed E-state index contributed by atoms with van der Waals surface area (Å²) in [5.74, 6) is 0.0926. The van der Waals surface area contributed by atoms with Crippen molar-refractivity contribution < 1.29 is 8.42 Å². The molecule has 0 unspecified atom stereocenters. The van der Waals surface area contributed by atoms with Gasteiger partial charge in [-0.1, -0.05) is 11.6 Å². The number of anilines is 1. The van der Waals surface area contributed by atoms with Crippen molar-refractivity contribution in [1.29, 1.82) is 0 Å². The molecule has 0 aliphatic heterocycles. The Morgan fingerprint density at radius 1 is 1.29 bits per heavy atom. The molecule has 90 valence electrons. The van der Waals surface area contributed by atoms with Gasteiger partial charge in [0.25, 0.3) is 10.0 Å². The van der Waals surface area contributed by atoms with Gasteiger partial charge in [-0.15, -0.1) is 0 Å². The van der Waals surface area contributed by atoms with E-state index < -0.39 is 10.0 Å². The highest BCUT2D eigenvalue weighted by molar-refractivity contribution is 7.92. The molecule has 0 aromatic carbocycles. The number of hydrogen-bond donors (Lipinski definition) is 2. The predicted octanol–water partition coefficient (Wildman–Crippen LogP) is 0.962. The quantitative estimate of drug-likeness (QED) is 0.867. The molecule has 17 heavy (non-hydrogen) atoms. The van der Waals surface area contributed by atoms with Crippen molar-refractivity contribution in [1.82, 2.24) is 20.2 Å². The summed E-state index contributed by atoms with van der Waals surface area (Å²) in [6.45, 7) is 1.61. The normalized spacial score (nSPS) is 11.4. The van der Waals surface area contributed by atoms with E-state index in [1.807, 2.05) is 0 Å². The molecule has 0 spiro atoms. The minimum Gasteiger partial charge on any atom is -0.281 e. The zero-order chi connectivity index (χ0) is 12.5. The molecule has 0 fully saturated rings. The number of hydrogen-bond acceptors (Lipinski definition) is 5. The van der Waals surface area contributed by atoms with E-state index in [-0.39, 0.29) is 15.9 Å². The zero-order valence-corrected chi connectivity index (χ0v) is 10.2. The Kier molecular flexibility index (Phi) is 2.99. The van der Waals surface area contributed by atoms with Gasteiger partial charge in [0.2, 0.25) is 0 Å². The van der Waals surface area contributed by atoms with Gasteiger partial charge in [0.15, 0.2) is 5.82 Å². The first-order chi connectivity index (χ1) is 7.99. The third-order valence-corrected chi connectivity index (χ3v) is 3.60. The van der Waals surface area contributed by atoms with Crippen molar-refractivity contribution in [3.05, 3.63) is 29.4 Å². The van der Waals surface area contributed by atoms with Crippen LogP contribution in [-0.4, -0.2) is 28.6 Å². The van der Waals surface area contributed by atoms with Gasteiger partial charge < -0.3 is 0 Å². The largest absolute Gasteiger partial charge is 0.281 e. The van der Waals surface area contributed by atoms with Gasteiger partial charge in [-0.2, -0.15) is 5.10 Å². The van der Waals surface area contributed by atoms with Gasteiger partial charge in [-0.25, -0.2) is 18.4 Å². The second-order valence-electron chi connectivity index (χ2n) is 3.19. The molecule has 0 radical (unpaired) electrons. The van der Waals surface area contributed by atoms with Crippen LogP contribution in [0.5, 0.6) is 0 Å². The van der Waals surface area contributed by atoms with Crippen LogP contribution in [0.4, 0.5) is 5.82 Å². The lowest BCUT2D eigenvalue weighted by atomic mass is 10.5. The van der Waals surface area contributed by atoms with Crippen LogP contribution in [0.2, 0.25) is 5.15 Å². The van der Waals surface area contributed by atoms with Crippen molar-refractivity contribution in [3.63, 3.8) is 0 Å².